The molecule has 2 rings (SSSR count). The number of hydrogen-bond acceptors (Lipinski definition) is 2. The first-order valence-electron chi connectivity index (χ1n) is 6.05. The predicted molar refractivity (Wildman–Crippen MR) is 62.9 cm³/mol. The van der Waals surface area contributed by atoms with Crippen molar-refractivity contribution in [1.82, 2.24) is 4.90 Å². The first-order chi connectivity index (χ1) is 7.02. The first-order valence-corrected chi connectivity index (χ1v) is 6.05. The van der Waals surface area contributed by atoms with Gasteiger partial charge in [0.25, 0.3) is 0 Å². The predicted octanol–water partition coefficient (Wildman–Crippen LogP) is 2.45. The fourth-order valence-electron chi connectivity index (χ4n) is 3.14. The van der Waals surface area contributed by atoms with Crippen molar-refractivity contribution in [3.63, 3.8) is 0 Å². The molecule has 2 heterocycles. The largest absolute Gasteiger partial charge is 0.377 e. The van der Waals surface area contributed by atoms with Crippen molar-refractivity contribution >= 4 is 0 Å². The zero-order valence-corrected chi connectivity index (χ0v) is 10.3. The van der Waals surface area contributed by atoms with Gasteiger partial charge in [-0.1, -0.05) is 19.1 Å². The van der Waals surface area contributed by atoms with Gasteiger partial charge in [-0.15, -0.1) is 0 Å². The van der Waals surface area contributed by atoms with E-state index in [0.29, 0.717) is 11.6 Å². The molecule has 2 nitrogen and oxygen atoms in total. The Balaban J connectivity index is 2.05. The van der Waals surface area contributed by atoms with Crippen molar-refractivity contribution in [2.24, 2.45) is 5.92 Å². The highest BCUT2D eigenvalue weighted by atomic mass is 16.5. The molecule has 86 valence electrons. The number of nitrogens with zero attached hydrogens (tertiary/aromatic N) is 1. The second-order valence-corrected chi connectivity index (χ2v) is 5.70. The summed E-state index contributed by atoms with van der Waals surface area (Å²) in [5.41, 5.74) is 1.68. The van der Waals surface area contributed by atoms with Crippen molar-refractivity contribution in [2.45, 2.75) is 45.3 Å². The van der Waals surface area contributed by atoms with Gasteiger partial charge in [0.1, 0.15) is 0 Å². The van der Waals surface area contributed by atoms with E-state index in [1.807, 2.05) is 0 Å². The Morgan fingerprint density at radius 2 is 2.33 bits per heavy atom. The maximum Gasteiger partial charge on any atom is 0.0657 e. The third-order valence-corrected chi connectivity index (χ3v) is 3.61. The van der Waals surface area contributed by atoms with Gasteiger partial charge in [-0.05, 0) is 32.6 Å². The van der Waals surface area contributed by atoms with Gasteiger partial charge in [-0.2, -0.15) is 0 Å². The quantitative estimate of drug-likeness (QED) is 0.662. The molecule has 0 aromatic heterocycles. The summed E-state index contributed by atoms with van der Waals surface area (Å²) in [5.74, 6) is 0.814. The molecule has 0 N–H and O–H groups in total. The van der Waals surface area contributed by atoms with E-state index in [2.05, 4.69) is 32.3 Å². The SMILES string of the molecule is C=C1CN2CC(C)CC2(COC(C)C)C1. The first kappa shape index (κ1) is 11.2. The Kier molecular flexibility index (Phi) is 2.91. The van der Waals surface area contributed by atoms with Gasteiger partial charge in [0, 0.05) is 18.6 Å². The van der Waals surface area contributed by atoms with E-state index >= 15 is 0 Å². The second kappa shape index (κ2) is 3.91. The summed E-state index contributed by atoms with van der Waals surface area (Å²) in [6.45, 7) is 13.9. The van der Waals surface area contributed by atoms with Crippen LogP contribution in [0.3, 0.4) is 0 Å². The highest BCUT2D eigenvalue weighted by Gasteiger charge is 2.48. The van der Waals surface area contributed by atoms with E-state index in [4.69, 9.17) is 4.74 Å². The summed E-state index contributed by atoms with van der Waals surface area (Å²) in [6.07, 6.45) is 2.76. The lowest BCUT2D eigenvalue weighted by Crippen LogP contribution is -2.43. The van der Waals surface area contributed by atoms with Crippen LogP contribution in [0.2, 0.25) is 0 Å². The molecule has 2 aliphatic rings. The van der Waals surface area contributed by atoms with Crippen molar-refractivity contribution < 1.29 is 4.74 Å². The number of ether oxygens (including phenoxy) is 1. The van der Waals surface area contributed by atoms with Crippen LogP contribution in [-0.2, 0) is 4.74 Å². The standard InChI is InChI=1S/C13H23NO/c1-10(2)15-9-13-5-11(3)7-14(13)8-12(4)6-13/h10,12H,3,5-9H2,1-2,4H3. The normalized spacial score (nSPS) is 36.5. The summed E-state index contributed by atoms with van der Waals surface area (Å²) < 4.78 is 5.84. The van der Waals surface area contributed by atoms with E-state index in [-0.39, 0.29) is 0 Å². The molecule has 2 fully saturated rings. The van der Waals surface area contributed by atoms with E-state index in [0.717, 1.165) is 25.5 Å². The fraction of sp³-hybridized carbons (Fsp3) is 0.846. The van der Waals surface area contributed by atoms with Crippen molar-refractivity contribution in [1.29, 1.82) is 0 Å². The molecule has 2 aliphatic heterocycles. The molecule has 2 atom stereocenters. The maximum atomic E-state index is 5.84. The van der Waals surface area contributed by atoms with Crippen molar-refractivity contribution in [2.75, 3.05) is 19.7 Å². The highest BCUT2D eigenvalue weighted by Crippen LogP contribution is 2.43. The Labute approximate surface area is 93.3 Å². The summed E-state index contributed by atoms with van der Waals surface area (Å²) in [4.78, 5) is 2.59. The molecule has 0 saturated carbocycles. The number of hydrogen-bond donors (Lipinski definition) is 0. The number of fused-ring (bicyclic) bond motifs is 1. The molecule has 0 aliphatic carbocycles. The second-order valence-electron chi connectivity index (χ2n) is 5.70. The fourth-order valence-corrected chi connectivity index (χ4v) is 3.14. The molecular formula is C13H23NO. The summed E-state index contributed by atoms with van der Waals surface area (Å²) in [5, 5.41) is 0. The third kappa shape index (κ3) is 2.11. The van der Waals surface area contributed by atoms with Gasteiger partial charge >= 0.3 is 0 Å². The van der Waals surface area contributed by atoms with Crippen LogP contribution in [0.5, 0.6) is 0 Å². The molecule has 0 spiro atoms. The van der Waals surface area contributed by atoms with Gasteiger partial charge in [0.05, 0.1) is 12.7 Å². The van der Waals surface area contributed by atoms with Crippen LogP contribution in [0.25, 0.3) is 0 Å². The van der Waals surface area contributed by atoms with Crippen LogP contribution in [0.15, 0.2) is 12.2 Å². The van der Waals surface area contributed by atoms with Crippen molar-refractivity contribution in [3.05, 3.63) is 12.2 Å². The zero-order valence-electron chi connectivity index (χ0n) is 10.3. The van der Waals surface area contributed by atoms with Gasteiger partial charge in [-0.3, -0.25) is 4.90 Å². The van der Waals surface area contributed by atoms with Crippen molar-refractivity contribution in [3.8, 4) is 0 Å². The van der Waals surface area contributed by atoms with Crippen LogP contribution in [0.1, 0.15) is 33.6 Å². The minimum Gasteiger partial charge on any atom is -0.377 e. The lowest BCUT2D eigenvalue weighted by molar-refractivity contribution is 0.00310. The van der Waals surface area contributed by atoms with Gasteiger partial charge in [0.2, 0.25) is 0 Å². The number of rotatable bonds is 3. The van der Waals surface area contributed by atoms with Gasteiger partial charge in [-0.25, -0.2) is 0 Å². The van der Waals surface area contributed by atoms with E-state index < -0.39 is 0 Å². The molecule has 15 heavy (non-hydrogen) atoms. The van der Waals surface area contributed by atoms with Crippen LogP contribution in [0.4, 0.5) is 0 Å². The molecule has 0 radical (unpaired) electrons. The summed E-state index contributed by atoms with van der Waals surface area (Å²) in [6, 6.07) is 0. The van der Waals surface area contributed by atoms with Gasteiger partial charge in [0.15, 0.2) is 0 Å². The average molecular weight is 209 g/mol. The summed E-state index contributed by atoms with van der Waals surface area (Å²) in [7, 11) is 0. The van der Waals surface area contributed by atoms with Crippen LogP contribution in [-0.4, -0.2) is 36.2 Å². The Bertz CT molecular complexity index is 261. The molecule has 0 aromatic carbocycles. The molecule has 0 aromatic rings. The van der Waals surface area contributed by atoms with E-state index in [9.17, 15) is 0 Å². The lowest BCUT2D eigenvalue weighted by Gasteiger charge is -2.32. The molecule has 2 unspecified atom stereocenters. The lowest BCUT2D eigenvalue weighted by atomic mass is 9.90. The smallest absolute Gasteiger partial charge is 0.0657 e. The zero-order chi connectivity index (χ0) is 11.1. The Morgan fingerprint density at radius 1 is 1.60 bits per heavy atom. The molecular weight excluding hydrogens is 186 g/mol. The highest BCUT2D eigenvalue weighted by molar-refractivity contribution is 5.18. The Morgan fingerprint density at radius 3 is 3.00 bits per heavy atom. The van der Waals surface area contributed by atoms with E-state index in [1.54, 1.807) is 0 Å². The molecule has 0 amide bonds. The molecule has 0 bridgehead atoms. The Hall–Kier alpha value is -0.340. The topological polar surface area (TPSA) is 12.5 Å². The van der Waals surface area contributed by atoms with Crippen LogP contribution < -0.4 is 0 Å². The van der Waals surface area contributed by atoms with Gasteiger partial charge < -0.3 is 4.74 Å². The van der Waals surface area contributed by atoms with Crippen LogP contribution in [0, 0.1) is 5.92 Å². The molecule has 2 heteroatoms. The van der Waals surface area contributed by atoms with Crippen LogP contribution >= 0.6 is 0 Å². The molecule has 2 saturated heterocycles. The third-order valence-electron chi connectivity index (χ3n) is 3.61. The van der Waals surface area contributed by atoms with E-state index in [1.165, 1.54) is 18.5 Å². The average Bonchev–Trinajstić information content (AvgIpc) is 2.53. The maximum absolute atomic E-state index is 5.84. The minimum absolute atomic E-state index is 0.292. The minimum atomic E-state index is 0.292. The summed E-state index contributed by atoms with van der Waals surface area (Å²) >= 11 is 0. The monoisotopic (exact) mass is 209 g/mol.